The number of anilines is 1. The Balaban J connectivity index is 1.78. The second-order valence-corrected chi connectivity index (χ2v) is 6.38. The summed E-state index contributed by atoms with van der Waals surface area (Å²) in [6.45, 7) is 1.47. The summed E-state index contributed by atoms with van der Waals surface area (Å²) in [5, 5.41) is 3.61. The Morgan fingerprint density at radius 2 is 2.00 bits per heavy atom. The maximum Gasteiger partial charge on any atom is 0.253 e. The molecule has 1 aromatic carbocycles. The quantitative estimate of drug-likeness (QED) is 0.658. The average molecular weight is 355 g/mol. The molecule has 0 radical (unpaired) electrons. The summed E-state index contributed by atoms with van der Waals surface area (Å²) < 4.78 is 0. The summed E-state index contributed by atoms with van der Waals surface area (Å²) >= 11 is 0. The average Bonchev–Trinajstić information content (AvgIpc) is 2.67. The third-order valence-corrected chi connectivity index (χ3v) is 4.44. The van der Waals surface area contributed by atoms with Gasteiger partial charge in [-0.25, -0.2) is 4.98 Å². The van der Waals surface area contributed by atoms with Crippen molar-refractivity contribution in [1.29, 1.82) is 0 Å². The summed E-state index contributed by atoms with van der Waals surface area (Å²) in [5.74, 6) is 6.24. The van der Waals surface area contributed by atoms with E-state index in [0.29, 0.717) is 5.65 Å². The molecule has 0 atom stereocenters. The molecule has 0 saturated carbocycles. The molecule has 0 aliphatic heterocycles. The molecule has 0 saturated heterocycles. The van der Waals surface area contributed by atoms with Crippen LogP contribution >= 0.6 is 0 Å². The van der Waals surface area contributed by atoms with E-state index >= 15 is 0 Å². The predicted octanol–water partition coefficient (Wildman–Crippen LogP) is 3.24. The highest BCUT2D eigenvalue weighted by atomic mass is 16.1. The molecule has 2 N–H and O–H groups in total. The minimum atomic E-state index is -0.107. The number of aromatic nitrogens is 2. The SMILES string of the molecule is CC(=O)Nc1ccc(C#Cc2ccnc3[nH]c(=O)c4c(c23)C=CCC4)cc1. The van der Waals surface area contributed by atoms with Crippen LogP contribution in [0.5, 0.6) is 0 Å². The van der Waals surface area contributed by atoms with Crippen molar-refractivity contribution in [1.82, 2.24) is 9.97 Å². The van der Waals surface area contributed by atoms with Gasteiger partial charge in [0, 0.05) is 40.9 Å². The zero-order valence-corrected chi connectivity index (χ0v) is 14.8. The molecule has 0 fully saturated rings. The number of aromatic amines is 1. The molecular formula is C22H17N3O2. The Morgan fingerprint density at radius 1 is 1.19 bits per heavy atom. The van der Waals surface area contributed by atoms with Crippen LogP contribution < -0.4 is 10.9 Å². The van der Waals surface area contributed by atoms with Crippen LogP contribution in [0.2, 0.25) is 0 Å². The molecule has 5 heteroatoms. The first kappa shape index (κ1) is 16.8. The second-order valence-electron chi connectivity index (χ2n) is 6.38. The monoisotopic (exact) mass is 355 g/mol. The number of hydrogen-bond donors (Lipinski definition) is 2. The Morgan fingerprint density at radius 3 is 2.78 bits per heavy atom. The molecular weight excluding hydrogens is 338 g/mol. The minimum absolute atomic E-state index is 0.0759. The third kappa shape index (κ3) is 3.38. The van der Waals surface area contributed by atoms with E-state index < -0.39 is 0 Å². The summed E-state index contributed by atoms with van der Waals surface area (Å²) in [6, 6.07) is 9.22. The molecule has 0 spiro atoms. The highest BCUT2D eigenvalue weighted by Gasteiger charge is 2.15. The standard InChI is InChI=1S/C22H17N3O2/c1-14(26)24-17-10-7-15(8-11-17)6-9-16-12-13-23-21-20(16)18-4-2-3-5-19(18)22(27)25-21/h2,4,7-8,10-13H,3,5H2,1H3,(H,24,26)(H,23,25,27). The van der Waals surface area contributed by atoms with Crippen molar-refractivity contribution >= 4 is 28.7 Å². The van der Waals surface area contributed by atoms with E-state index in [4.69, 9.17) is 0 Å². The van der Waals surface area contributed by atoms with Crippen LogP contribution in [0.3, 0.4) is 0 Å². The van der Waals surface area contributed by atoms with Crippen LogP contribution in [0.1, 0.15) is 35.6 Å². The molecule has 27 heavy (non-hydrogen) atoms. The zero-order valence-electron chi connectivity index (χ0n) is 14.8. The number of pyridine rings is 2. The van der Waals surface area contributed by atoms with Gasteiger partial charge < -0.3 is 10.3 Å². The van der Waals surface area contributed by atoms with Gasteiger partial charge in [0.05, 0.1) is 0 Å². The fourth-order valence-electron chi connectivity index (χ4n) is 3.23. The number of carbonyl (C=O) groups is 1. The van der Waals surface area contributed by atoms with Gasteiger partial charge in [0.1, 0.15) is 5.65 Å². The normalized spacial score (nSPS) is 12.2. The van der Waals surface area contributed by atoms with Gasteiger partial charge in [-0.05, 0) is 48.7 Å². The lowest BCUT2D eigenvalue weighted by Crippen LogP contribution is -2.17. The summed E-state index contributed by atoms with van der Waals surface area (Å²) in [7, 11) is 0. The van der Waals surface area contributed by atoms with Crippen LogP contribution in [0, 0.1) is 11.8 Å². The van der Waals surface area contributed by atoms with Crippen molar-refractivity contribution < 1.29 is 4.79 Å². The van der Waals surface area contributed by atoms with Gasteiger partial charge in [-0.15, -0.1) is 0 Å². The van der Waals surface area contributed by atoms with Crippen molar-refractivity contribution in [2.24, 2.45) is 0 Å². The molecule has 0 bridgehead atoms. The Bertz CT molecular complexity index is 1190. The number of fused-ring (bicyclic) bond motifs is 3. The fraction of sp³-hybridized carbons (Fsp3) is 0.136. The molecule has 1 aliphatic rings. The molecule has 3 aromatic rings. The van der Waals surface area contributed by atoms with Gasteiger partial charge in [-0.1, -0.05) is 24.0 Å². The van der Waals surface area contributed by atoms with E-state index in [2.05, 4.69) is 33.2 Å². The van der Waals surface area contributed by atoms with Crippen molar-refractivity contribution in [3.8, 4) is 11.8 Å². The van der Waals surface area contributed by atoms with E-state index in [1.165, 1.54) is 6.92 Å². The van der Waals surface area contributed by atoms with Crippen LogP contribution in [-0.2, 0) is 11.2 Å². The fourth-order valence-corrected chi connectivity index (χ4v) is 3.23. The Hall–Kier alpha value is -3.65. The van der Waals surface area contributed by atoms with Crippen molar-refractivity contribution in [2.75, 3.05) is 5.32 Å². The molecule has 132 valence electrons. The van der Waals surface area contributed by atoms with E-state index in [1.54, 1.807) is 6.20 Å². The zero-order chi connectivity index (χ0) is 18.8. The van der Waals surface area contributed by atoms with E-state index in [9.17, 15) is 9.59 Å². The lowest BCUT2D eigenvalue weighted by Gasteiger charge is -2.12. The van der Waals surface area contributed by atoms with Gasteiger partial charge in [-0.3, -0.25) is 9.59 Å². The second kappa shape index (κ2) is 6.93. The lowest BCUT2D eigenvalue weighted by atomic mass is 9.94. The maximum absolute atomic E-state index is 12.3. The first-order valence-corrected chi connectivity index (χ1v) is 8.72. The third-order valence-electron chi connectivity index (χ3n) is 4.44. The number of nitrogens with zero attached hydrogens (tertiary/aromatic N) is 1. The summed E-state index contributed by atoms with van der Waals surface area (Å²) in [4.78, 5) is 30.6. The van der Waals surface area contributed by atoms with Gasteiger partial charge in [0.2, 0.25) is 5.91 Å². The Labute approximate surface area is 156 Å². The number of allylic oxidation sites excluding steroid dienone is 1. The van der Waals surface area contributed by atoms with Crippen molar-refractivity contribution in [2.45, 2.75) is 19.8 Å². The largest absolute Gasteiger partial charge is 0.326 e. The van der Waals surface area contributed by atoms with Crippen LogP contribution in [0.25, 0.3) is 17.1 Å². The van der Waals surface area contributed by atoms with Crippen LogP contribution in [0.4, 0.5) is 5.69 Å². The smallest absolute Gasteiger partial charge is 0.253 e. The van der Waals surface area contributed by atoms with Crippen molar-refractivity contribution in [3.05, 3.63) is 75.2 Å². The highest BCUT2D eigenvalue weighted by Crippen LogP contribution is 2.25. The highest BCUT2D eigenvalue weighted by molar-refractivity contribution is 5.92. The topological polar surface area (TPSA) is 74.8 Å². The molecule has 2 heterocycles. The van der Waals surface area contributed by atoms with Crippen molar-refractivity contribution in [3.63, 3.8) is 0 Å². The number of H-pyrrole nitrogens is 1. The van der Waals surface area contributed by atoms with E-state index in [-0.39, 0.29) is 11.5 Å². The number of benzene rings is 1. The number of amides is 1. The molecule has 1 aliphatic carbocycles. The molecule has 1 amide bonds. The first-order valence-electron chi connectivity index (χ1n) is 8.72. The van der Waals surface area contributed by atoms with Gasteiger partial charge in [0.15, 0.2) is 0 Å². The first-order chi connectivity index (χ1) is 13.1. The minimum Gasteiger partial charge on any atom is -0.326 e. The summed E-state index contributed by atoms with van der Waals surface area (Å²) in [5.41, 5.74) is 4.58. The number of nitrogens with one attached hydrogen (secondary N) is 2. The van der Waals surface area contributed by atoms with Gasteiger partial charge in [-0.2, -0.15) is 0 Å². The molecule has 4 rings (SSSR count). The Kier molecular flexibility index (Phi) is 4.31. The van der Waals surface area contributed by atoms with Gasteiger partial charge in [0.25, 0.3) is 5.56 Å². The number of hydrogen-bond acceptors (Lipinski definition) is 3. The molecule has 2 aromatic heterocycles. The van der Waals surface area contributed by atoms with E-state index in [0.717, 1.165) is 46.2 Å². The lowest BCUT2D eigenvalue weighted by molar-refractivity contribution is -0.114. The maximum atomic E-state index is 12.3. The van der Waals surface area contributed by atoms with Crippen LogP contribution in [-0.4, -0.2) is 15.9 Å². The number of carbonyl (C=O) groups excluding carboxylic acids is 1. The van der Waals surface area contributed by atoms with Crippen LogP contribution in [0.15, 0.2) is 47.4 Å². The molecule has 0 unspecified atom stereocenters. The van der Waals surface area contributed by atoms with E-state index in [1.807, 2.05) is 36.4 Å². The van der Waals surface area contributed by atoms with Gasteiger partial charge >= 0.3 is 0 Å². The number of rotatable bonds is 1. The molecule has 5 nitrogen and oxygen atoms in total. The predicted molar refractivity (Wildman–Crippen MR) is 106 cm³/mol. The summed E-state index contributed by atoms with van der Waals surface area (Å²) in [6.07, 6.45) is 7.31.